The molecule has 0 aromatic rings. The van der Waals surface area contributed by atoms with Gasteiger partial charge in [0.2, 0.25) is 0 Å². The summed E-state index contributed by atoms with van der Waals surface area (Å²) in [6, 6.07) is 0. The van der Waals surface area contributed by atoms with Crippen molar-refractivity contribution < 1.29 is 9.90 Å². The van der Waals surface area contributed by atoms with E-state index in [1.807, 2.05) is 10.9 Å². The van der Waals surface area contributed by atoms with E-state index < -0.39 is 21.7 Å². The van der Waals surface area contributed by atoms with Crippen LogP contribution in [0.15, 0.2) is 21.4 Å². The summed E-state index contributed by atoms with van der Waals surface area (Å²) in [6.45, 7) is 0. The van der Waals surface area contributed by atoms with Gasteiger partial charge in [-0.05, 0) is 0 Å². The van der Waals surface area contributed by atoms with Gasteiger partial charge in [-0.1, -0.05) is 0 Å². The van der Waals surface area contributed by atoms with Gasteiger partial charge in [-0.2, -0.15) is 0 Å². The van der Waals surface area contributed by atoms with Gasteiger partial charge >= 0.3 is 53.0 Å². The predicted molar refractivity (Wildman–Crippen MR) is 32.0 cm³/mol. The van der Waals surface area contributed by atoms with E-state index in [2.05, 4.69) is 0 Å². The molecule has 0 saturated carbocycles. The number of carbonyl (C=O) groups is 1. The first-order valence-electron chi connectivity index (χ1n) is 2.17. The van der Waals surface area contributed by atoms with Crippen molar-refractivity contribution >= 4 is 21.7 Å². The van der Waals surface area contributed by atoms with Gasteiger partial charge in [0.25, 0.3) is 0 Å². The molecule has 1 unspecified atom stereocenters. The molecule has 1 aliphatic heterocycles. The summed E-state index contributed by atoms with van der Waals surface area (Å²) < 4.78 is 0.602. The summed E-state index contributed by atoms with van der Waals surface area (Å²) >= 11 is -0.400. The Morgan fingerprint density at radius 1 is 1.75 bits per heavy atom. The number of carboxylic acid groups (broad SMARTS) is 1. The average Bonchev–Trinajstić information content (AvgIpc) is 2.12. The Kier molecular flexibility index (Phi) is 1.54. The van der Waals surface area contributed by atoms with Crippen molar-refractivity contribution in [2.24, 2.45) is 0 Å². The van der Waals surface area contributed by atoms with Crippen LogP contribution in [0.1, 0.15) is 0 Å². The molecule has 0 spiro atoms. The van der Waals surface area contributed by atoms with Crippen LogP contribution in [0.25, 0.3) is 0 Å². The molecule has 0 aromatic heterocycles. The average molecular weight is 172 g/mol. The molecule has 0 fully saturated rings. The molecule has 1 heterocycles. The van der Waals surface area contributed by atoms with Crippen LogP contribution in [0.3, 0.4) is 0 Å². The summed E-state index contributed by atoms with van der Waals surface area (Å²) in [6.07, 6.45) is 3.48. The van der Waals surface area contributed by atoms with Gasteiger partial charge in [-0.3, -0.25) is 0 Å². The molecule has 0 aromatic carbocycles. The summed E-state index contributed by atoms with van der Waals surface area (Å²) in [5.41, 5.74) is 0. The van der Waals surface area contributed by atoms with Crippen LogP contribution in [0.4, 0.5) is 0 Å². The van der Waals surface area contributed by atoms with Gasteiger partial charge in [0.15, 0.2) is 0 Å². The molecule has 1 N–H and O–H groups in total. The van der Waals surface area contributed by atoms with Gasteiger partial charge in [0.05, 0.1) is 0 Å². The van der Waals surface area contributed by atoms with Crippen molar-refractivity contribution in [1.82, 2.24) is 0 Å². The van der Waals surface area contributed by atoms with Gasteiger partial charge in [-0.25, -0.2) is 0 Å². The van der Waals surface area contributed by atoms with E-state index in [0.717, 1.165) is 0 Å². The van der Waals surface area contributed by atoms with E-state index in [4.69, 9.17) is 5.11 Å². The van der Waals surface area contributed by atoms with Gasteiger partial charge in [0, 0.05) is 0 Å². The van der Waals surface area contributed by atoms with E-state index in [1.54, 1.807) is 6.08 Å². The topological polar surface area (TPSA) is 37.3 Å². The summed E-state index contributed by atoms with van der Waals surface area (Å²) in [4.78, 5) is 12.1. The Balaban J connectivity index is 2.64. The minimum atomic E-state index is -0.755. The molecule has 0 bridgehead atoms. The molecule has 1 atom stereocenters. The molecule has 0 amide bonds. The van der Waals surface area contributed by atoms with Crippen molar-refractivity contribution in [2.75, 3.05) is 0 Å². The molecule has 2 nitrogen and oxygen atoms in total. The first-order valence-corrected chi connectivity index (χ1v) is 4.43. The van der Waals surface area contributed by atoms with Crippen LogP contribution in [-0.2, 0) is 4.79 Å². The maximum atomic E-state index is 10.1. The molecular weight excluding hydrogens is 167 g/mol. The zero-order valence-electron chi connectivity index (χ0n) is 4.09. The molecule has 8 heavy (non-hydrogen) atoms. The van der Waals surface area contributed by atoms with Crippen molar-refractivity contribution in [3.05, 3.63) is 21.4 Å². The molecule has 3 heteroatoms. The monoisotopic (exact) mass is 172 g/mol. The summed E-state index contributed by atoms with van der Waals surface area (Å²) in [5, 5.41) is 8.34. The number of rotatable bonds is 1. The number of aliphatic carboxylic acids is 1. The first kappa shape index (κ1) is 5.64. The molecule has 0 aliphatic carbocycles. The molecule has 1 rings (SSSR count). The second kappa shape index (κ2) is 2.18. The number of hydrogen-bond acceptors (Lipinski definition) is 1. The standard InChI is InChI=1S/C5H5AsO2/c7-5(8)4-2-1-3-6-4/h1-3,6H,(H,7,8). The fraction of sp³-hybridized carbons (Fsp3) is 0. The normalized spacial score (nSPS) is 19.2. The van der Waals surface area contributed by atoms with Crippen LogP contribution < -0.4 is 0 Å². The minimum absolute atomic E-state index is 0.400. The van der Waals surface area contributed by atoms with E-state index >= 15 is 0 Å². The number of allylic oxidation sites excluding steroid dienone is 2. The van der Waals surface area contributed by atoms with Crippen LogP contribution >= 0.6 is 0 Å². The Bertz CT molecular complexity index is 169. The Hall–Kier alpha value is -0.492. The third-order valence-corrected chi connectivity index (χ3v) is 3.03. The van der Waals surface area contributed by atoms with Crippen molar-refractivity contribution in [1.29, 1.82) is 0 Å². The Morgan fingerprint density at radius 3 is 2.75 bits per heavy atom. The number of carboxylic acids is 1. The van der Waals surface area contributed by atoms with Crippen LogP contribution in [-0.4, -0.2) is 26.8 Å². The fourth-order valence-corrected chi connectivity index (χ4v) is 1.91. The molecule has 0 radical (unpaired) electrons. The van der Waals surface area contributed by atoms with E-state index in [-0.39, 0.29) is 0 Å². The Morgan fingerprint density at radius 2 is 2.50 bits per heavy atom. The quantitative estimate of drug-likeness (QED) is 0.561. The number of hydrogen-bond donors (Lipinski definition) is 1. The van der Waals surface area contributed by atoms with Crippen LogP contribution in [0, 0.1) is 0 Å². The zero-order chi connectivity index (χ0) is 5.98. The van der Waals surface area contributed by atoms with Gasteiger partial charge in [-0.15, -0.1) is 0 Å². The van der Waals surface area contributed by atoms with E-state index in [1.165, 1.54) is 0 Å². The first-order chi connectivity index (χ1) is 3.80. The molecule has 42 valence electrons. The Labute approximate surface area is 53.6 Å². The second-order valence-electron chi connectivity index (χ2n) is 1.39. The third kappa shape index (κ3) is 1.01. The predicted octanol–water partition coefficient (Wildman–Crippen LogP) is -0.0813. The second-order valence-corrected chi connectivity index (χ2v) is 3.82. The van der Waals surface area contributed by atoms with E-state index in [9.17, 15) is 4.79 Å². The van der Waals surface area contributed by atoms with E-state index in [0.29, 0.717) is 4.36 Å². The van der Waals surface area contributed by atoms with Crippen LogP contribution in [0.5, 0.6) is 0 Å². The fourth-order valence-electron chi connectivity index (χ4n) is 0.463. The maximum absolute atomic E-state index is 10.1. The van der Waals surface area contributed by atoms with Gasteiger partial charge in [0.1, 0.15) is 0 Å². The van der Waals surface area contributed by atoms with Crippen molar-refractivity contribution in [2.45, 2.75) is 0 Å². The van der Waals surface area contributed by atoms with Crippen LogP contribution in [0.2, 0.25) is 0 Å². The van der Waals surface area contributed by atoms with Crippen molar-refractivity contribution in [3.8, 4) is 0 Å². The SMILES string of the molecule is O=C(O)C1=CC=C[AsH]1. The molecular formula is C5H5AsO2. The molecule has 1 aliphatic rings. The summed E-state index contributed by atoms with van der Waals surface area (Å²) in [5.74, 6) is -0.755. The van der Waals surface area contributed by atoms with Crippen molar-refractivity contribution in [3.63, 3.8) is 0 Å². The third-order valence-electron chi connectivity index (χ3n) is 0.828. The van der Waals surface area contributed by atoms with Gasteiger partial charge < -0.3 is 0 Å². The summed E-state index contributed by atoms with van der Waals surface area (Å²) in [7, 11) is 0. The zero-order valence-corrected chi connectivity index (χ0v) is 6.19. The molecule has 0 saturated heterocycles.